The van der Waals surface area contributed by atoms with Gasteiger partial charge in [0.05, 0.1) is 5.54 Å². The summed E-state index contributed by atoms with van der Waals surface area (Å²) in [5, 5.41) is 8.46. The van der Waals surface area contributed by atoms with Gasteiger partial charge in [-0.3, -0.25) is 10.1 Å². The van der Waals surface area contributed by atoms with Crippen molar-refractivity contribution in [2.75, 3.05) is 6.26 Å². The Morgan fingerprint density at radius 2 is 2.33 bits per heavy atom. The highest BCUT2D eigenvalue weighted by Crippen LogP contribution is 2.41. The molecule has 1 aromatic rings. The second-order valence-corrected chi connectivity index (χ2v) is 8.13. The molecule has 4 atom stereocenters. The molecule has 0 aromatic carbocycles. The number of rotatable bonds is 4. The predicted octanol–water partition coefficient (Wildman–Crippen LogP) is 3.63. The lowest BCUT2D eigenvalue weighted by Gasteiger charge is -2.33. The van der Waals surface area contributed by atoms with Crippen LogP contribution in [-0.4, -0.2) is 33.9 Å². The topological polar surface area (TPSA) is 32.3 Å². The summed E-state index contributed by atoms with van der Waals surface area (Å²) in [5.74, 6) is 0.284. The highest BCUT2D eigenvalue weighted by Gasteiger charge is 2.51. The molecule has 21 heavy (non-hydrogen) atoms. The molecule has 0 radical (unpaired) electrons. The monoisotopic (exact) mass is 324 g/mol. The van der Waals surface area contributed by atoms with Crippen LogP contribution >= 0.6 is 23.1 Å². The standard InChI is InChI=1S/C16H24N2OS2/c1-4-16(2)15(19)18(12-6-5-7-13(12)20-3)14(17-16)11-8-9-21-10-11/h8-10,12-14,17H,4-7H2,1-3H3. The molecule has 1 aromatic heterocycles. The number of thioether (sulfide) groups is 1. The van der Waals surface area contributed by atoms with Crippen molar-refractivity contribution in [3.05, 3.63) is 22.4 Å². The van der Waals surface area contributed by atoms with Crippen LogP contribution in [0.2, 0.25) is 0 Å². The van der Waals surface area contributed by atoms with Crippen LogP contribution in [0.4, 0.5) is 0 Å². The molecule has 0 bridgehead atoms. The Hall–Kier alpha value is -0.520. The minimum atomic E-state index is -0.419. The number of nitrogens with zero attached hydrogens (tertiary/aromatic N) is 1. The fourth-order valence-corrected chi connectivity index (χ4v) is 5.27. The van der Waals surface area contributed by atoms with Crippen LogP contribution in [0.5, 0.6) is 0 Å². The Kier molecular flexibility index (Phi) is 4.35. The molecule has 4 unspecified atom stereocenters. The number of carbonyl (C=O) groups is 1. The van der Waals surface area contributed by atoms with E-state index in [-0.39, 0.29) is 12.1 Å². The van der Waals surface area contributed by atoms with E-state index in [9.17, 15) is 4.79 Å². The molecule has 3 nitrogen and oxygen atoms in total. The van der Waals surface area contributed by atoms with Gasteiger partial charge in [0, 0.05) is 11.3 Å². The van der Waals surface area contributed by atoms with E-state index in [1.165, 1.54) is 18.4 Å². The van der Waals surface area contributed by atoms with Gasteiger partial charge in [-0.25, -0.2) is 0 Å². The Bertz CT molecular complexity index is 504. The zero-order valence-electron chi connectivity index (χ0n) is 13.0. The van der Waals surface area contributed by atoms with E-state index in [0.29, 0.717) is 11.3 Å². The lowest BCUT2D eigenvalue weighted by Crippen LogP contribution is -2.46. The first-order valence-corrected chi connectivity index (χ1v) is 9.99. The fourth-order valence-electron chi connectivity index (χ4n) is 3.60. The van der Waals surface area contributed by atoms with Gasteiger partial charge in [0.25, 0.3) is 0 Å². The van der Waals surface area contributed by atoms with Gasteiger partial charge in [0.15, 0.2) is 0 Å². The van der Waals surface area contributed by atoms with Crippen LogP contribution < -0.4 is 5.32 Å². The van der Waals surface area contributed by atoms with Gasteiger partial charge < -0.3 is 4.90 Å². The molecule has 5 heteroatoms. The average molecular weight is 325 g/mol. The lowest BCUT2D eigenvalue weighted by atomic mass is 9.99. The second-order valence-electron chi connectivity index (χ2n) is 6.27. The molecule has 1 amide bonds. The summed E-state index contributed by atoms with van der Waals surface area (Å²) in [5.41, 5.74) is 0.815. The van der Waals surface area contributed by atoms with E-state index in [2.05, 4.69) is 47.1 Å². The highest BCUT2D eigenvalue weighted by atomic mass is 32.2. The molecule has 116 valence electrons. The maximum Gasteiger partial charge on any atom is 0.244 e. The van der Waals surface area contributed by atoms with Gasteiger partial charge in [-0.1, -0.05) is 13.3 Å². The van der Waals surface area contributed by atoms with Crippen molar-refractivity contribution in [1.29, 1.82) is 0 Å². The van der Waals surface area contributed by atoms with Gasteiger partial charge >= 0.3 is 0 Å². The molecule has 2 aliphatic rings. The summed E-state index contributed by atoms with van der Waals surface area (Å²) in [6.45, 7) is 4.15. The second kappa shape index (κ2) is 5.94. The van der Waals surface area contributed by atoms with Crippen LogP contribution in [-0.2, 0) is 4.79 Å². The van der Waals surface area contributed by atoms with Crippen molar-refractivity contribution < 1.29 is 4.79 Å². The first-order chi connectivity index (χ1) is 10.1. The van der Waals surface area contributed by atoms with Crippen molar-refractivity contribution in [1.82, 2.24) is 10.2 Å². The zero-order chi connectivity index (χ0) is 15.0. The van der Waals surface area contributed by atoms with E-state index in [1.54, 1.807) is 11.3 Å². The van der Waals surface area contributed by atoms with E-state index >= 15 is 0 Å². The molecule has 2 heterocycles. The first kappa shape index (κ1) is 15.4. The molecular weight excluding hydrogens is 300 g/mol. The molecule has 3 rings (SSSR count). The van der Waals surface area contributed by atoms with Gasteiger partial charge in [-0.15, -0.1) is 0 Å². The molecule has 1 N–H and O–H groups in total. The van der Waals surface area contributed by atoms with Crippen LogP contribution in [0.3, 0.4) is 0 Å². The SMILES string of the molecule is CCC1(C)NC(c2ccsc2)N(C2CCCC2SC)C1=O. The van der Waals surface area contributed by atoms with Crippen LogP contribution in [0.15, 0.2) is 16.8 Å². The third-order valence-electron chi connectivity index (χ3n) is 5.08. The summed E-state index contributed by atoms with van der Waals surface area (Å²) in [4.78, 5) is 15.2. The highest BCUT2D eigenvalue weighted by molar-refractivity contribution is 7.99. The fraction of sp³-hybridized carbons (Fsp3) is 0.688. The summed E-state index contributed by atoms with van der Waals surface area (Å²) in [7, 11) is 0. The van der Waals surface area contributed by atoms with Crippen LogP contribution in [0.1, 0.15) is 51.3 Å². The number of hydrogen-bond donors (Lipinski definition) is 1. The summed E-state index contributed by atoms with van der Waals surface area (Å²) in [6.07, 6.45) is 6.66. The van der Waals surface area contributed by atoms with Crippen molar-refractivity contribution in [3.8, 4) is 0 Å². The summed E-state index contributed by atoms with van der Waals surface area (Å²) >= 11 is 3.62. The van der Waals surface area contributed by atoms with Gasteiger partial charge in [-0.2, -0.15) is 23.1 Å². The molecule has 1 aliphatic heterocycles. The van der Waals surface area contributed by atoms with E-state index in [1.807, 2.05) is 11.8 Å². The average Bonchev–Trinajstić information content (AvgIpc) is 3.20. The van der Waals surface area contributed by atoms with Crippen molar-refractivity contribution in [2.45, 2.75) is 62.5 Å². The van der Waals surface area contributed by atoms with E-state index in [0.717, 1.165) is 12.8 Å². The van der Waals surface area contributed by atoms with E-state index in [4.69, 9.17) is 0 Å². The van der Waals surface area contributed by atoms with Crippen molar-refractivity contribution >= 4 is 29.0 Å². The van der Waals surface area contributed by atoms with Gasteiger partial charge in [0.2, 0.25) is 5.91 Å². The summed E-state index contributed by atoms with van der Waals surface area (Å²) in [6, 6.07) is 2.52. The Balaban J connectivity index is 1.95. The first-order valence-electron chi connectivity index (χ1n) is 7.76. The Morgan fingerprint density at radius 1 is 1.52 bits per heavy atom. The lowest BCUT2D eigenvalue weighted by molar-refractivity contribution is -0.135. The third-order valence-corrected chi connectivity index (χ3v) is 6.94. The molecular formula is C16H24N2OS2. The number of thiophene rings is 1. The van der Waals surface area contributed by atoms with Crippen molar-refractivity contribution in [3.63, 3.8) is 0 Å². The van der Waals surface area contributed by atoms with Crippen LogP contribution in [0.25, 0.3) is 0 Å². The number of amides is 1. The smallest absolute Gasteiger partial charge is 0.244 e. The predicted molar refractivity (Wildman–Crippen MR) is 90.7 cm³/mol. The molecule has 1 saturated heterocycles. The van der Waals surface area contributed by atoms with Crippen molar-refractivity contribution in [2.24, 2.45) is 0 Å². The van der Waals surface area contributed by atoms with Gasteiger partial charge in [-0.05, 0) is 54.8 Å². The zero-order valence-corrected chi connectivity index (χ0v) is 14.6. The van der Waals surface area contributed by atoms with Crippen LogP contribution in [0, 0.1) is 0 Å². The van der Waals surface area contributed by atoms with Gasteiger partial charge in [0.1, 0.15) is 6.17 Å². The summed E-state index contributed by atoms with van der Waals surface area (Å²) < 4.78 is 0. The maximum absolute atomic E-state index is 13.1. The number of nitrogens with one attached hydrogen (secondary N) is 1. The van der Waals surface area contributed by atoms with E-state index < -0.39 is 5.54 Å². The Labute approximate surface area is 135 Å². The molecule has 0 spiro atoms. The Morgan fingerprint density at radius 3 is 2.95 bits per heavy atom. The third kappa shape index (κ3) is 2.53. The maximum atomic E-state index is 13.1. The number of hydrogen-bond acceptors (Lipinski definition) is 4. The molecule has 2 fully saturated rings. The molecule has 1 aliphatic carbocycles. The molecule has 1 saturated carbocycles. The largest absolute Gasteiger partial charge is 0.317 e. The minimum absolute atomic E-state index is 0.0476. The number of carbonyl (C=O) groups excluding carboxylic acids is 1. The minimum Gasteiger partial charge on any atom is -0.317 e. The quantitative estimate of drug-likeness (QED) is 0.918. The normalized spacial score (nSPS) is 36.6.